The van der Waals surface area contributed by atoms with Gasteiger partial charge >= 0.3 is 0 Å². The van der Waals surface area contributed by atoms with Crippen molar-refractivity contribution in [2.24, 2.45) is 0 Å². The van der Waals surface area contributed by atoms with Crippen LogP contribution in [0.25, 0.3) is 6.08 Å². The molecule has 1 aliphatic heterocycles. The van der Waals surface area contributed by atoms with Crippen molar-refractivity contribution in [2.45, 2.75) is 0 Å². The van der Waals surface area contributed by atoms with Crippen molar-refractivity contribution < 1.29 is 14.6 Å². The summed E-state index contributed by atoms with van der Waals surface area (Å²) in [6, 6.07) is 14.9. The molecule has 0 spiro atoms. The molecule has 144 valence electrons. The molecular formula is C21H20ClN3O3. The number of phenolic OH excluding ortho intramolecular Hbond substituents is 1. The van der Waals surface area contributed by atoms with Crippen molar-refractivity contribution >= 4 is 29.3 Å². The molecule has 2 aromatic rings. The zero-order chi connectivity index (χ0) is 20.1. The third-order valence-corrected chi connectivity index (χ3v) is 4.85. The maximum atomic E-state index is 12.8. The van der Waals surface area contributed by atoms with Crippen LogP contribution in [0, 0.1) is 11.3 Å². The van der Waals surface area contributed by atoms with Gasteiger partial charge in [0.2, 0.25) is 0 Å². The van der Waals surface area contributed by atoms with E-state index in [1.165, 1.54) is 25.3 Å². The number of nitriles is 1. The number of rotatable bonds is 4. The average molecular weight is 398 g/mol. The number of halogens is 1. The Bertz CT molecular complexity index is 930. The molecule has 0 saturated carbocycles. The summed E-state index contributed by atoms with van der Waals surface area (Å²) in [6.07, 6.45) is 1.34. The smallest absolute Gasteiger partial charge is 0.264 e. The van der Waals surface area contributed by atoms with Crippen LogP contribution in [0.4, 0.5) is 5.69 Å². The van der Waals surface area contributed by atoms with E-state index in [1.807, 2.05) is 36.4 Å². The summed E-state index contributed by atoms with van der Waals surface area (Å²) in [5, 5.41) is 20.1. The van der Waals surface area contributed by atoms with Gasteiger partial charge < -0.3 is 19.6 Å². The highest BCUT2D eigenvalue weighted by molar-refractivity contribution is 6.31. The van der Waals surface area contributed by atoms with E-state index in [4.69, 9.17) is 16.3 Å². The Morgan fingerprint density at radius 1 is 1.21 bits per heavy atom. The molecule has 2 aromatic carbocycles. The second-order valence-corrected chi connectivity index (χ2v) is 6.77. The van der Waals surface area contributed by atoms with Gasteiger partial charge in [0.25, 0.3) is 5.91 Å². The van der Waals surface area contributed by atoms with Crippen LogP contribution >= 0.6 is 11.6 Å². The Kier molecular flexibility index (Phi) is 6.07. The Balaban J connectivity index is 1.76. The number of piperazine rings is 1. The Hall–Kier alpha value is -3.17. The molecule has 1 fully saturated rings. The van der Waals surface area contributed by atoms with E-state index in [9.17, 15) is 15.2 Å². The lowest BCUT2D eigenvalue weighted by molar-refractivity contribution is -0.126. The fraction of sp³-hybridized carbons (Fsp3) is 0.238. The van der Waals surface area contributed by atoms with Crippen molar-refractivity contribution in [3.8, 4) is 17.6 Å². The van der Waals surface area contributed by atoms with Crippen LogP contribution < -0.4 is 9.64 Å². The van der Waals surface area contributed by atoms with Crippen molar-refractivity contribution in [3.05, 3.63) is 58.6 Å². The minimum Gasteiger partial charge on any atom is -0.504 e. The van der Waals surface area contributed by atoms with Crippen molar-refractivity contribution in [1.29, 1.82) is 5.26 Å². The van der Waals surface area contributed by atoms with Gasteiger partial charge in [-0.25, -0.2) is 0 Å². The fourth-order valence-electron chi connectivity index (χ4n) is 3.13. The summed E-state index contributed by atoms with van der Waals surface area (Å²) in [7, 11) is 1.40. The van der Waals surface area contributed by atoms with Crippen molar-refractivity contribution in [2.75, 3.05) is 38.2 Å². The van der Waals surface area contributed by atoms with Crippen LogP contribution in [0.1, 0.15) is 5.56 Å². The number of anilines is 1. The summed E-state index contributed by atoms with van der Waals surface area (Å²) < 4.78 is 5.06. The quantitative estimate of drug-likeness (QED) is 0.632. The molecule has 1 amide bonds. The number of methoxy groups -OCH3 is 1. The molecule has 0 bridgehead atoms. The standard InChI is InChI=1S/C21H20ClN3O3/c1-28-19-13-17(22)12-15(20(19)26)11-16(14-23)21(27)25-9-7-24(8-10-25)18-5-3-2-4-6-18/h2-6,11-13,26H,7-10H2,1H3/b16-11-. The van der Waals surface area contributed by atoms with Crippen LogP contribution in [0.2, 0.25) is 5.02 Å². The maximum absolute atomic E-state index is 12.8. The van der Waals surface area contributed by atoms with E-state index >= 15 is 0 Å². The Labute approximate surface area is 168 Å². The minimum absolute atomic E-state index is 0.0622. The van der Waals surface area contributed by atoms with E-state index in [0.717, 1.165) is 5.69 Å². The van der Waals surface area contributed by atoms with Gasteiger partial charge in [-0.05, 0) is 24.3 Å². The third-order valence-electron chi connectivity index (χ3n) is 4.63. The fourth-order valence-corrected chi connectivity index (χ4v) is 3.35. The summed E-state index contributed by atoms with van der Waals surface area (Å²) in [5.41, 5.74) is 1.31. The summed E-state index contributed by atoms with van der Waals surface area (Å²) in [6.45, 7) is 2.39. The Morgan fingerprint density at radius 2 is 1.89 bits per heavy atom. The first-order chi connectivity index (χ1) is 13.5. The average Bonchev–Trinajstić information content (AvgIpc) is 2.74. The zero-order valence-corrected chi connectivity index (χ0v) is 16.2. The van der Waals surface area contributed by atoms with Crippen molar-refractivity contribution in [3.63, 3.8) is 0 Å². The molecule has 0 aromatic heterocycles. The minimum atomic E-state index is -0.367. The monoisotopic (exact) mass is 397 g/mol. The highest BCUT2D eigenvalue weighted by Crippen LogP contribution is 2.34. The molecule has 0 radical (unpaired) electrons. The third kappa shape index (κ3) is 4.21. The molecule has 1 aliphatic rings. The number of carbonyl (C=O) groups excluding carboxylic acids is 1. The predicted molar refractivity (Wildman–Crippen MR) is 108 cm³/mol. The van der Waals surface area contributed by atoms with Gasteiger partial charge in [0, 0.05) is 48.5 Å². The lowest BCUT2D eigenvalue weighted by atomic mass is 10.1. The SMILES string of the molecule is COc1cc(Cl)cc(/C=C(/C#N)C(=O)N2CCN(c3ccccc3)CC2)c1O. The number of phenols is 1. The number of amides is 1. The number of benzene rings is 2. The first-order valence-corrected chi connectivity index (χ1v) is 9.19. The van der Waals surface area contributed by atoms with E-state index in [0.29, 0.717) is 31.2 Å². The molecule has 1 saturated heterocycles. The normalized spacial score (nSPS) is 14.5. The van der Waals surface area contributed by atoms with E-state index in [1.54, 1.807) is 4.90 Å². The summed E-state index contributed by atoms with van der Waals surface area (Å²) >= 11 is 6.03. The van der Waals surface area contributed by atoms with Gasteiger partial charge in [-0.1, -0.05) is 29.8 Å². The first-order valence-electron chi connectivity index (χ1n) is 8.81. The van der Waals surface area contributed by atoms with Crippen LogP contribution in [0.5, 0.6) is 11.5 Å². The van der Waals surface area contributed by atoms with Crippen LogP contribution in [0.3, 0.4) is 0 Å². The number of hydrogen-bond donors (Lipinski definition) is 1. The lowest BCUT2D eigenvalue weighted by Crippen LogP contribution is -2.49. The molecule has 28 heavy (non-hydrogen) atoms. The molecule has 0 unspecified atom stereocenters. The number of carbonyl (C=O) groups is 1. The highest BCUT2D eigenvalue weighted by atomic mass is 35.5. The summed E-state index contributed by atoms with van der Waals surface area (Å²) in [5.74, 6) is -0.352. The number of hydrogen-bond acceptors (Lipinski definition) is 5. The van der Waals surface area contributed by atoms with Gasteiger partial charge in [0.15, 0.2) is 11.5 Å². The molecule has 1 N–H and O–H groups in total. The zero-order valence-electron chi connectivity index (χ0n) is 15.4. The van der Waals surface area contributed by atoms with Crippen LogP contribution in [-0.2, 0) is 4.79 Å². The molecule has 1 heterocycles. The first kappa shape index (κ1) is 19.6. The molecule has 7 heteroatoms. The second kappa shape index (κ2) is 8.68. The molecule has 3 rings (SSSR count). The van der Waals surface area contributed by atoms with Gasteiger partial charge in [0.1, 0.15) is 11.6 Å². The highest BCUT2D eigenvalue weighted by Gasteiger charge is 2.24. The van der Waals surface area contributed by atoms with Gasteiger partial charge in [-0.15, -0.1) is 0 Å². The maximum Gasteiger partial charge on any atom is 0.264 e. The molecule has 0 aliphatic carbocycles. The van der Waals surface area contributed by atoms with Crippen LogP contribution in [0.15, 0.2) is 48.0 Å². The van der Waals surface area contributed by atoms with Gasteiger partial charge in [0.05, 0.1) is 7.11 Å². The van der Waals surface area contributed by atoms with Gasteiger partial charge in [-0.2, -0.15) is 5.26 Å². The second-order valence-electron chi connectivity index (χ2n) is 6.33. The number of nitrogens with zero attached hydrogens (tertiary/aromatic N) is 3. The summed E-state index contributed by atoms with van der Waals surface area (Å²) in [4.78, 5) is 16.6. The molecule has 6 nitrogen and oxygen atoms in total. The number of para-hydroxylation sites is 1. The number of ether oxygens (including phenoxy) is 1. The lowest BCUT2D eigenvalue weighted by Gasteiger charge is -2.36. The van der Waals surface area contributed by atoms with E-state index in [2.05, 4.69) is 4.90 Å². The predicted octanol–water partition coefficient (Wildman–Crippen LogP) is 3.31. The van der Waals surface area contributed by atoms with Gasteiger partial charge in [-0.3, -0.25) is 4.79 Å². The molecule has 0 atom stereocenters. The topological polar surface area (TPSA) is 76.8 Å². The Morgan fingerprint density at radius 3 is 2.50 bits per heavy atom. The van der Waals surface area contributed by atoms with Crippen LogP contribution in [-0.4, -0.2) is 49.2 Å². The van der Waals surface area contributed by atoms with E-state index in [-0.39, 0.29) is 28.5 Å². The molecular weight excluding hydrogens is 378 g/mol. The van der Waals surface area contributed by atoms with E-state index < -0.39 is 0 Å². The van der Waals surface area contributed by atoms with Crippen molar-refractivity contribution in [1.82, 2.24) is 4.90 Å². The number of aromatic hydroxyl groups is 1. The largest absolute Gasteiger partial charge is 0.504 e.